The lowest BCUT2D eigenvalue weighted by Crippen LogP contribution is -2.45. The number of sulfone groups is 1. The third-order valence-corrected chi connectivity index (χ3v) is 11.7. The minimum atomic E-state index is -3.56. The fourth-order valence-electron chi connectivity index (χ4n) is 5.70. The number of piperidine rings is 2. The Kier molecular flexibility index (Phi) is 11.0. The van der Waals surface area contributed by atoms with Crippen molar-refractivity contribution in [2.24, 2.45) is 5.92 Å². The fraction of sp³-hybridized carbons (Fsp3) is 0.517. The highest BCUT2D eigenvalue weighted by molar-refractivity contribution is 7.92. The number of carbonyl (C=O) groups is 2. The molecule has 2 aliphatic rings. The van der Waals surface area contributed by atoms with Gasteiger partial charge in [-0.15, -0.1) is 0 Å². The highest BCUT2D eigenvalue weighted by Gasteiger charge is 2.33. The van der Waals surface area contributed by atoms with Gasteiger partial charge in [-0.1, -0.05) is 23.2 Å². The molecular weight excluding hydrogens is 635 g/mol. The summed E-state index contributed by atoms with van der Waals surface area (Å²) in [5.41, 5.74) is 0.988. The number of nitrogens with zero attached hydrogens (tertiary/aromatic N) is 3. The van der Waals surface area contributed by atoms with Crippen LogP contribution in [0.15, 0.2) is 47.4 Å². The highest BCUT2D eigenvalue weighted by atomic mass is 35.5. The summed E-state index contributed by atoms with van der Waals surface area (Å²) < 4.78 is 51.7. The van der Waals surface area contributed by atoms with Gasteiger partial charge in [0.25, 0.3) is 0 Å². The number of sulfonamides is 1. The summed E-state index contributed by atoms with van der Waals surface area (Å²) in [6, 6.07) is 11.0. The minimum absolute atomic E-state index is 0.00384. The third-order valence-electron chi connectivity index (χ3n) is 8.09. The van der Waals surface area contributed by atoms with Gasteiger partial charge in [0.2, 0.25) is 21.8 Å². The van der Waals surface area contributed by atoms with Gasteiger partial charge in [0.15, 0.2) is 9.84 Å². The van der Waals surface area contributed by atoms with Crippen molar-refractivity contribution in [3.8, 4) is 0 Å². The van der Waals surface area contributed by atoms with Crippen molar-refractivity contribution in [3.05, 3.63) is 52.5 Å². The second kappa shape index (κ2) is 14.2. The summed E-state index contributed by atoms with van der Waals surface area (Å²) in [7, 11) is -7.01. The van der Waals surface area contributed by atoms with Gasteiger partial charge in [-0.2, -0.15) is 0 Å². The van der Waals surface area contributed by atoms with Crippen LogP contribution in [0.25, 0.3) is 0 Å². The van der Waals surface area contributed by atoms with E-state index in [9.17, 15) is 26.4 Å². The van der Waals surface area contributed by atoms with Crippen LogP contribution in [-0.4, -0.2) is 89.2 Å². The number of hydrogen-bond acceptors (Lipinski definition) is 7. The number of nitrogens with one attached hydrogen (secondary N) is 1. The predicted octanol–water partition coefficient (Wildman–Crippen LogP) is 4.28. The van der Waals surface area contributed by atoms with Gasteiger partial charge in [0, 0.05) is 43.9 Å². The third kappa shape index (κ3) is 8.85. The molecule has 43 heavy (non-hydrogen) atoms. The molecule has 0 saturated carbocycles. The molecular formula is C29H38Cl2N4O6S2. The normalized spacial score (nSPS) is 17.5. The molecule has 0 spiro atoms. The van der Waals surface area contributed by atoms with E-state index < -0.39 is 25.1 Å². The SMILES string of the molecule is CC(=O)N1CCC(C(=O)N(CCCN2CCC(S(=O)(=O)c3ccc(NS(C)(=O)=O)cc3)CC2)c2ccc(Cl)c(Cl)c2)CC1. The van der Waals surface area contributed by atoms with Crippen molar-refractivity contribution in [1.82, 2.24) is 9.80 Å². The summed E-state index contributed by atoms with van der Waals surface area (Å²) in [4.78, 5) is 31.3. The Bertz CT molecular complexity index is 1520. The second-order valence-corrected chi connectivity index (χ2v) is 16.0. The molecule has 0 radical (unpaired) electrons. The first-order chi connectivity index (χ1) is 20.2. The maximum absolute atomic E-state index is 13.7. The topological polar surface area (TPSA) is 124 Å². The first-order valence-corrected chi connectivity index (χ1v) is 18.5. The van der Waals surface area contributed by atoms with E-state index in [-0.39, 0.29) is 22.6 Å². The largest absolute Gasteiger partial charge is 0.343 e. The Morgan fingerprint density at radius 3 is 2.09 bits per heavy atom. The quantitative estimate of drug-likeness (QED) is 0.399. The Morgan fingerprint density at radius 1 is 0.907 bits per heavy atom. The van der Waals surface area contributed by atoms with Gasteiger partial charge in [-0.25, -0.2) is 16.8 Å². The van der Waals surface area contributed by atoms with Gasteiger partial charge in [0.05, 0.1) is 26.4 Å². The molecule has 0 aromatic heterocycles. The van der Waals surface area contributed by atoms with E-state index in [4.69, 9.17) is 23.2 Å². The zero-order chi connectivity index (χ0) is 31.4. The fourth-order valence-corrected chi connectivity index (χ4v) is 8.28. The summed E-state index contributed by atoms with van der Waals surface area (Å²) in [5.74, 6) is -0.171. The molecule has 2 heterocycles. The molecule has 236 valence electrons. The lowest BCUT2D eigenvalue weighted by atomic mass is 9.94. The lowest BCUT2D eigenvalue weighted by molar-refractivity contribution is -0.133. The zero-order valence-electron chi connectivity index (χ0n) is 24.3. The van der Waals surface area contributed by atoms with Crippen molar-refractivity contribution in [1.29, 1.82) is 0 Å². The number of amides is 2. The molecule has 2 aliphatic heterocycles. The van der Waals surface area contributed by atoms with Crippen LogP contribution >= 0.6 is 23.2 Å². The molecule has 2 aromatic carbocycles. The van der Waals surface area contributed by atoms with Crippen LogP contribution in [-0.2, 0) is 29.4 Å². The molecule has 1 N–H and O–H groups in total. The van der Waals surface area contributed by atoms with Crippen LogP contribution < -0.4 is 9.62 Å². The number of anilines is 2. The van der Waals surface area contributed by atoms with Crippen molar-refractivity contribution in [2.45, 2.75) is 49.2 Å². The van der Waals surface area contributed by atoms with Crippen LogP contribution in [0.5, 0.6) is 0 Å². The number of carbonyl (C=O) groups excluding carboxylic acids is 2. The van der Waals surface area contributed by atoms with Crippen LogP contribution in [0.1, 0.15) is 39.0 Å². The number of hydrogen-bond donors (Lipinski definition) is 1. The summed E-state index contributed by atoms with van der Waals surface area (Å²) in [6.07, 6.45) is 3.90. The standard InChI is InChI=1S/C29H38Cl2N4O6S2/c1-21(36)34-18-10-22(11-19-34)29(37)35(24-6-9-27(30)28(31)20-24)15-3-14-33-16-12-26(13-17-33)43(40,41)25-7-4-23(5-8-25)32-42(2,38)39/h4-9,20,22,26,32H,3,10-19H2,1-2H3. The Balaban J connectivity index is 1.33. The number of benzene rings is 2. The van der Waals surface area contributed by atoms with Crippen molar-refractivity contribution < 1.29 is 26.4 Å². The smallest absolute Gasteiger partial charge is 0.230 e. The minimum Gasteiger partial charge on any atom is -0.343 e. The molecule has 0 bridgehead atoms. The Labute approximate surface area is 264 Å². The van der Waals surface area contributed by atoms with Gasteiger partial charge in [-0.3, -0.25) is 14.3 Å². The van der Waals surface area contributed by atoms with Crippen molar-refractivity contribution in [2.75, 3.05) is 55.1 Å². The van der Waals surface area contributed by atoms with E-state index >= 15 is 0 Å². The summed E-state index contributed by atoms with van der Waals surface area (Å²) in [5, 5.41) is 0.257. The van der Waals surface area contributed by atoms with Gasteiger partial charge >= 0.3 is 0 Å². The first-order valence-electron chi connectivity index (χ1n) is 14.3. The molecule has 2 aromatic rings. The molecule has 0 aliphatic carbocycles. The van der Waals surface area contributed by atoms with Gasteiger partial charge < -0.3 is 14.7 Å². The van der Waals surface area contributed by atoms with Gasteiger partial charge in [0.1, 0.15) is 0 Å². The van der Waals surface area contributed by atoms with E-state index in [1.54, 1.807) is 34.9 Å². The van der Waals surface area contributed by atoms with Gasteiger partial charge in [-0.05, 0) is 94.2 Å². The average Bonchev–Trinajstić information content (AvgIpc) is 2.96. The van der Waals surface area contributed by atoms with E-state index in [0.717, 1.165) is 6.26 Å². The van der Waals surface area contributed by atoms with Crippen LogP contribution in [0.4, 0.5) is 11.4 Å². The molecule has 14 heteroatoms. The lowest BCUT2D eigenvalue weighted by Gasteiger charge is -2.35. The predicted molar refractivity (Wildman–Crippen MR) is 170 cm³/mol. The second-order valence-electron chi connectivity index (χ2n) is 11.2. The zero-order valence-corrected chi connectivity index (χ0v) is 27.5. The van der Waals surface area contributed by atoms with Crippen molar-refractivity contribution >= 4 is 66.3 Å². The molecule has 10 nitrogen and oxygen atoms in total. The monoisotopic (exact) mass is 672 g/mol. The molecule has 0 unspecified atom stereocenters. The van der Waals surface area contributed by atoms with E-state index in [1.165, 1.54) is 24.3 Å². The molecule has 0 atom stereocenters. The maximum atomic E-state index is 13.7. The average molecular weight is 674 g/mol. The van der Waals surface area contributed by atoms with Crippen LogP contribution in [0, 0.1) is 5.92 Å². The van der Waals surface area contributed by atoms with Crippen molar-refractivity contribution in [3.63, 3.8) is 0 Å². The molecule has 4 rings (SSSR count). The molecule has 2 amide bonds. The number of likely N-dealkylation sites (tertiary alicyclic amines) is 2. The Morgan fingerprint density at radius 2 is 1.53 bits per heavy atom. The highest BCUT2D eigenvalue weighted by Crippen LogP contribution is 2.30. The maximum Gasteiger partial charge on any atom is 0.230 e. The first kappa shape index (κ1) is 33.5. The number of rotatable bonds is 10. The Hall–Kier alpha value is -2.38. The van der Waals surface area contributed by atoms with Crippen LogP contribution in [0.2, 0.25) is 10.0 Å². The molecule has 2 fully saturated rings. The summed E-state index contributed by atoms with van der Waals surface area (Å²) in [6.45, 7) is 5.05. The van der Waals surface area contributed by atoms with E-state index in [1.807, 2.05) is 0 Å². The molecule has 2 saturated heterocycles. The van der Waals surface area contributed by atoms with E-state index in [2.05, 4.69) is 9.62 Å². The number of halogens is 2. The van der Waals surface area contributed by atoms with Crippen LogP contribution in [0.3, 0.4) is 0 Å². The summed E-state index contributed by atoms with van der Waals surface area (Å²) >= 11 is 12.4. The van der Waals surface area contributed by atoms with E-state index in [0.29, 0.717) is 92.8 Å².